The third kappa shape index (κ3) is 2.70. The first kappa shape index (κ1) is 11.3. The largest absolute Gasteiger partial charge is 0.497 e. The molecule has 0 atom stereocenters. The van der Waals surface area contributed by atoms with Gasteiger partial charge in [0.05, 0.1) is 13.7 Å². The molecule has 1 aromatic rings. The SMILES string of the molecule is COc1cccc(C(F)(F)CNC2CC2)c1. The van der Waals surface area contributed by atoms with Crippen molar-refractivity contribution in [2.24, 2.45) is 0 Å². The highest BCUT2D eigenvalue weighted by atomic mass is 19.3. The Labute approximate surface area is 93.6 Å². The van der Waals surface area contributed by atoms with Crippen molar-refractivity contribution in [3.05, 3.63) is 29.8 Å². The third-order valence-electron chi connectivity index (χ3n) is 2.68. The summed E-state index contributed by atoms with van der Waals surface area (Å²) in [6.07, 6.45) is 2.02. The minimum absolute atomic E-state index is 0.000000000000000222. The Balaban J connectivity index is 2.06. The van der Waals surface area contributed by atoms with Crippen LogP contribution in [0.1, 0.15) is 18.4 Å². The highest BCUT2D eigenvalue weighted by molar-refractivity contribution is 5.31. The highest BCUT2D eigenvalue weighted by Crippen LogP contribution is 2.31. The van der Waals surface area contributed by atoms with Gasteiger partial charge in [0.1, 0.15) is 5.75 Å². The summed E-state index contributed by atoms with van der Waals surface area (Å²) < 4.78 is 32.4. The molecule has 0 bridgehead atoms. The number of ether oxygens (including phenoxy) is 1. The Morgan fingerprint density at radius 3 is 2.81 bits per heavy atom. The van der Waals surface area contributed by atoms with E-state index in [0.29, 0.717) is 5.75 Å². The van der Waals surface area contributed by atoms with Gasteiger partial charge in [-0.2, -0.15) is 8.78 Å². The quantitative estimate of drug-likeness (QED) is 0.834. The van der Waals surface area contributed by atoms with E-state index in [4.69, 9.17) is 4.74 Å². The van der Waals surface area contributed by atoms with E-state index in [9.17, 15) is 8.78 Å². The van der Waals surface area contributed by atoms with Crippen LogP contribution in [0.15, 0.2) is 24.3 Å². The van der Waals surface area contributed by atoms with Crippen molar-refractivity contribution in [2.75, 3.05) is 13.7 Å². The zero-order chi connectivity index (χ0) is 11.6. The normalized spacial score (nSPS) is 16.2. The van der Waals surface area contributed by atoms with Gasteiger partial charge in [-0.05, 0) is 25.0 Å². The van der Waals surface area contributed by atoms with E-state index < -0.39 is 5.92 Å². The average Bonchev–Trinajstić information content (AvgIpc) is 3.10. The van der Waals surface area contributed by atoms with Crippen LogP contribution < -0.4 is 10.1 Å². The summed E-state index contributed by atoms with van der Waals surface area (Å²) in [4.78, 5) is 0. The second-order valence-corrected chi connectivity index (χ2v) is 4.09. The Morgan fingerprint density at radius 1 is 1.44 bits per heavy atom. The van der Waals surface area contributed by atoms with Gasteiger partial charge in [0.25, 0.3) is 5.92 Å². The van der Waals surface area contributed by atoms with Gasteiger partial charge in [-0.1, -0.05) is 12.1 Å². The topological polar surface area (TPSA) is 21.3 Å². The lowest BCUT2D eigenvalue weighted by Gasteiger charge is -2.17. The minimum atomic E-state index is -2.84. The third-order valence-corrected chi connectivity index (χ3v) is 2.68. The van der Waals surface area contributed by atoms with Crippen molar-refractivity contribution in [3.63, 3.8) is 0 Å². The van der Waals surface area contributed by atoms with Crippen LogP contribution in [0.3, 0.4) is 0 Å². The molecule has 1 aliphatic carbocycles. The van der Waals surface area contributed by atoms with Gasteiger partial charge < -0.3 is 10.1 Å². The van der Waals surface area contributed by atoms with Crippen LogP contribution in [-0.2, 0) is 5.92 Å². The lowest BCUT2D eigenvalue weighted by molar-refractivity contribution is -0.00367. The Hall–Kier alpha value is -1.16. The van der Waals surface area contributed by atoms with Crippen molar-refractivity contribution >= 4 is 0 Å². The average molecular weight is 227 g/mol. The summed E-state index contributed by atoms with van der Waals surface area (Å²) in [6, 6.07) is 6.34. The first-order valence-electron chi connectivity index (χ1n) is 5.37. The molecule has 0 aromatic heterocycles. The molecule has 0 saturated heterocycles. The lowest BCUT2D eigenvalue weighted by Crippen LogP contribution is -2.32. The molecule has 1 aliphatic rings. The summed E-state index contributed by atoms with van der Waals surface area (Å²) in [5.41, 5.74) is 0.000000000000000222. The summed E-state index contributed by atoms with van der Waals surface area (Å²) in [7, 11) is 1.47. The van der Waals surface area contributed by atoms with Gasteiger partial charge in [-0.15, -0.1) is 0 Å². The number of hydrogen-bond donors (Lipinski definition) is 1. The van der Waals surface area contributed by atoms with Crippen LogP contribution in [0.5, 0.6) is 5.75 Å². The fraction of sp³-hybridized carbons (Fsp3) is 0.500. The van der Waals surface area contributed by atoms with Crippen molar-refractivity contribution in [2.45, 2.75) is 24.8 Å². The maximum Gasteiger partial charge on any atom is 0.285 e. The molecule has 2 rings (SSSR count). The molecule has 1 saturated carbocycles. The molecule has 1 aromatic carbocycles. The smallest absolute Gasteiger partial charge is 0.285 e. The number of nitrogens with one attached hydrogen (secondary N) is 1. The highest BCUT2D eigenvalue weighted by Gasteiger charge is 2.34. The fourth-order valence-electron chi connectivity index (χ4n) is 1.51. The van der Waals surface area contributed by atoms with Crippen molar-refractivity contribution in [3.8, 4) is 5.75 Å². The second-order valence-electron chi connectivity index (χ2n) is 4.09. The molecule has 0 aliphatic heterocycles. The van der Waals surface area contributed by atoms with Gasteiger partial charge in [0.2, 0.25) is 0 Å². The summed E-state index contributed by atoms with van der Waals surface area (Å²) >= 11 is 0. The first-order valence-corrected chi connectivity index (χ1v) is 5.37. The van der Waals surface area contributed by atoms with Gasteiger partial charge in [0, 0.05) is 11.6 Å². The van der Waals surface area contributed by atoms with E-state index in [1.54, 1.807) is 12.1 Å². The zero-order valence-corrected chi connectivity index (χ0v) is 9.17. The van der Waals surface area contributed by atoms with E-state index in [-0.39, 0.29) is 18.2 Å². The molecule has 1 N–H and O–H groups in total. The predicted molar refractivity (Wildman–Crippen MR) is 57.9 cm³/mol. The summed E-state index contributed by atoms with van der Waals surface area (Å²) in [5.74, 6) is -2.37. The predicted octanol–water partition coefficient (Wildman–Crippen LogP) is 2.54. The maximum absolute atomic E-state index is 13.7. The number of hydrogen-bond acceptors (Lipinski definition) is 2. The van der Waals surface area contributed by atoms with E-state index in [1.807, 2.05) is 0 Å². The van der Waals surface area contributed by atoms with E-state index in [0.717, 1.165) is 12.8 Å². The van der Waals surface area contributed by atoms with Gasteiger partial charge in [0.15, 0.2) is 0 Å². The zero-order valence-electron chi connectivity index (χ0n) is 9.17. The number of methoxy groups -OCH3 is 1. The number of alkyl halides is 2. The Kier molecular flexibility index (Phi) is 3.10. The summed E-state index contributed by atoms with van der Waals surface area (Å²) in [5, 5.41) is 2.84. The van der Waals surface area contributed by atoms with Crippen LogP contribution in [0, 0.1) is 0 Å². The molecule has 4 heteroatoms. The van der Waals surface area contributed by atoms with E-state index in [2.05, 4.69) is 5.32 Å². The Bertz CT molecular complexity index is 364. The van der Waals surface area contributed by atoms with E-state index >= 15 is 0 Å². The Morgan fingerprint density at radius 2 is 2.19 bits per heavy atom. The van der Waals surface area contributed by atoms with E-state index in [1.165, 1.54) is 19.2 Å². The monoisotopic (exact) mass is 227 g/mol. The van der Waals surface area contributed by atoms with Crippen molar-refractivity contribution in [1.29, 1.82) is 0 Å². The van der Waals surface area contributed by atoms with Crippen LogP contribution in [0.2, 0.25) is 0 Å². The van der Waals surface area contributed by atoms with Gasteiger partial charge in [-0.3, -0.25) is 0 Å². The molecule has 0 heterocycles. The molecule has 0 unspecified atom stereocenters. The maximum atomic E-state index is 13.7. The minimum Gasteiger partial charge on any atom is -0.497 e. The number of benzene rings is 1. The fourth-order valence-corrected chi connectivity index (χ4v) is 1.51. The van der Waals surface area contributed by atoms with Crippen molar-refractivity contribution in [1.82, 2.24) is 5.32 Å². The standard InChI is InChI=1S/C12H15F2NO/c1-16-11-4-2-3-9(7-11)12(13,14)8-15-10-5-6-10/h2-4,7,10,15H,5-6,8H2,1H3. The lowest BCUT2D eigenvalue weighted by atomic mass is 10.1. The number of rotatable bonds is 5. The molecule has 88 valence electrons. The van der Waals surface area contributed by atoms with Gasteiger partial charge >= 0.3 is 0 Å². The molecular weight excluding hydrogens is 212 g/mol. The molecule has 0 radical (unpaired) electrons. The molecule has 16 heavy (non-hydrogen) atoms. The molecule has 0 amide bonds. The second kappa shape index (κ2) is 4.37. The van der Waals surface area contributed by atoms with Crippen molar-refractivity contribution < 1.29 is 13.5 Å². The molecular formula is C12H15F2NO. The molecule has 2 nitrogen and oxygen atoms in total. The number of halogens is 2. The summed E-state index contributed by atoms with van der Waals surface area (Å²) in [6.45, 7) is -0.301. The first-order chi connectivity index (χ1) is 7.62. The van der Waals surface area contributed by atoms with Crippen LogP contribution in [0.4, 0.5) is 8.78 Å². The van der Waals surface area contributed by atoms with Crippen LogP contribution in [0.25, 0.3) is 0 Å². The van der Waals surface area contributed by atoms with Gasteiger partial charge in [-0.25, -0.2) is 0 Å². The van der Waals surface area contributed by atoms with Crippen LogP contribution in [-0.4, -0.2) is 19.7 Å². The molecule has 0 spiro atoms. The van der Waals surface area contributed by atoms with Crippen LogP contribution >= 0.6 is 0 Å². The molecule has 1 fully saturated rings.